The predicted molar refractivity (Wildman–Crippen MR) is 113 cm³/mol. The number of fused-ring (bicyclic) bond motifs is 1. The van der Waals surface area contributed by atoms with Gasteiger partial charge < -0.3 is 4.90 Å². The molecule has 3 aromatic rings. The van der Waals surface area contributed by atoms with Gasteiger partial charge in [-0.2, -0.15) is 0 Å². The van der Waals surface area contributed by atoms with E-state index < -0.39 is 17.8 Å². The van der Waals surface area contributed by atoms with E-state index in [-0.39, 0.29) is 11.1 Å². The molecule has 1 unspecified atom stereocenters. The smallest absolute Gasteiger partial charge is 0.261 e. The van der Waals surface area contributed by atoms with Gasteiger partial charge in [0.2, 0.25) is 0 Å². The molecule has 0 spiro atoms. The lowest BCUT2D eigenvalue weighted by Crippen LogP contribution is -2.38. The van der Waals surface area contributed by atoms with Crippen molar-refractivity contribution in [1.29, 1.82) is 0 Å². The van der Waals surface area contributed by atoms with Crippen molar-refractivity contribution in [2.24, 2.45) is 0 Å². The van der Waals surface area contributed by atoms with Crippen LogP contribution >= 0.6 is 11.6 Å². The van der Waals surface area contributed by atoms with E-state index in [9.17, 15) is 14.0 Å². The van der Waals surface area contributed by atoms with Crippen molar-refractivity contribution in [3.63, 3.8) is 0 Å². The molecule has 2 aromatic carbocycles. The van der Waals surface area contributed by atoms with Gasteiger partial charge in [-0.3, -0.25) is 14.2 Å². The van der Waals surface area contributed by atoms with Gasteiger partial charge in [0.05, 0.1) is 22.5 Å². The van der Waals surface area contributed by atoms with Crippen molar-refractivity contribution in [1.82, 2.24) is 14.5 Å². The molecule has 0 bridgehead atoms. The molecule has 1 aromatic heterocycles. The first kappa shape index (κ1) is 21.0. The van der Waals surface area contributed by atoms with Crippen molar-refractivity contribution in [3.8, 4) is 0 Å². The maximum atomic E-state index is 14.2. The molecular formula is C22H23ClFN3O2. The minimum atomic E-state index is -0.572. The highest BCUT2D eigenvalue weighted by molar-refractivity contribution is 6.31. The molecule has 7 heteroatoms. The molecule has 1 heterocycles. The van der Waals surface area contributed by atoms with E-state index in [1.165, 1.54) is 12.1 Å². The monoisotopic (exact) mass is 415 g/mol. The molecular weight excluding hydrogens is 393 g/mol. The minimum absolute atomic E-state index is 0.00188. The maximum absolute atomic E-state index is 14.2. The van der Waals surface area contributed by atoms with E-state index in [0.717, 1.165) is 0 Å². The Labute approximate surface area is 173 Å². The van der Waals surface area contributed by atoms with E-state index in [1.54, 1.807) is 46.7 Å². The summed E-state index contributed by atoms with van der Waals surface area (Å²) in [6.45, 7) is 6.40. The Bertz CT molecular complexity index is 1110. The van der Waals surface area contributed by atoms with E-state index in [4.69, 9.17) is 11.6 Å². The van der Waals surface area contributed by atoms with Crippen LogP contribution in [0.15, 0.2) is 47.3 Å². The summed E-state index contributed by atoms with van der Waals surface area (Å²) < 4.78 is 15.8. The second-order valence-corrected chi connectivity index (χ2v) is 7.27. The van der Waals surface area contributed by atoms with Crippen LogP contribution in [0.5, 0.6) is 0 Å². The summed E-state index contributed by atoms with van der Waals surface area (Å²) >= 11 is 6.08. The summed E-state index contributed by atoms with van der Waals surface area (Å²) in [6, 6.07) is 10.3. The summed E-state index contributed by atoms with van der Waals surface area (Å²) in [5.74, 6) is -0.553. The lowest BCUT2D eigenvalue weighted by Gasteiger charge is -2.30. The molecule has 5 nitrogen and oxygen atoms in total. The van der Waals surface area contributed by atoms with Crippen molar-refractivity contribution < 1.29 is 9.18 Å². The van der Waals surface area contributed by atoms with Gasteiger partial charge in [0.25, 0.3) is 11.5 Å². The Balaban J connectivity index is 2.14. The number of amides is 1. The van der Waals surface area contributed by atoms with Gasteiger partial charge in [0.15, 0.2) is 0 Å². The number of carbonyl (C=O) groups excluding carboxylic acids is 1. The largest absolute Gasteiger partial charge is 0.329 e. The van der Waals surface area contributed by atoms with E-state index >= 15 is 0 Å². The third-order valence-electron chi connectivity index (χ3n) is 4.93. The number of rotatable bonds is 6. The summed E-state index contributed by atoms with van der Waals surface area (Å²) in [7, 11) is 0. The molecule has 1 atom stereocenters. The fourth-order valence-corrected chi connectivity index (χ4v) is 3.64. The van der Waals surface area contributed by atoms with Gasteiger partial charge in [-0.05, 0) is 50.6 Å². The van der Waals surface area contributed by atoms with Gasteiger partial charge in [-0.15, -0.1) is 0 Å². The highest BCUT2D eigenvalue weighted by Gasteiger charge is 2.27. The Morgan fingerprint density at radius 1 is 1.24 bits per heavy atom. The zero-order chi connectivity index (χ0) is 21.1. The molecule has 0 fully saturated rings. The van der Waals surface area contributed by atoms with E-state index in [1.807, 2.05) is 13.8 Å². The number of benzene rings is 2. The first-order valence-electron chi connectivity index (χ1n) is 9.64. The normalized spacial score (nSPS) is 12.2. The first-order chi connectivity index (χ1) is 13.9. The van der Waals surface area contributed by atoms with Crippen molar-refractivity contribution in [2.45, 2.75) is 39.8 Å². The van der Waals surface area contributed by atoms with Crippen LogP contribution < -0.4 is 5.56 Å². The second-order valence-electron chi connectivity index (χ2n) is 6.84. The van der Waals surface area contributed by atoms with Gasteiger partial charge >= 0.3 is 0 Å². The van der Waals surface area contributed by atoms with E-state index in [0.29, 0.717) is 41.3 Å². The van der Waals surface area contributed by atoms with Gasteiger partial charge in [-0.25, -0.2) is 9.37 Å². The fraction of sp³-hybridized carbons (Fsp3) is 0.318. The topological polar surface area (TPSA) is 55.2 Å². The number of aromatic nitrogens is 2. The number of hydrogen-bond acceptors (Lipinski definition) is 3. The molecule has 0 saturated heterocycles. The summed E-state index contributed by atoms with van der Waals surface area (Å²) in [4.78, 5) is 32.3. The predicted octanol–water partition coefficient (Wildman–Crippen LogP) is 4.82. The third-order valence-corrected chi connectivity index (χ3v) is 5.17. The van der Waals surface area contributed by atoms with Crippen molar-refractivity contribution in [3.05, 3.63) is 75.0 Å². The molecule has 0 aliphatic carbocycles. The van der Waals surface area contributed by atoms with Gasteiger partial charge in [0, 0.05) is 18.1 Å². The average molecular weight is 416 g/mol. The van der Waals surface area contributed by atoms with Gasteiger partial charge in [-0.1, -0.05) is 30.7 Å². The SMILES string of the molecule is CCCN(C(=O)c1ccccc1F)C(C)c1nc2cc(Cl)ccc2c(=O)n1CC. The van der Waals surface area contributed by atoms with Crippen molar-refractivity contribution >= 4 is 28.4 Å². The minimum Gasteiger partial charge on any atom is -0.329 e. The van der Waals surface area contributed by atoms with Crippen LogP contribution in [0.2, 0.25) is 5.02 Å². The molecule has 152 valence electrons. The quantitative estimate of drug-likeness (QED) is 0.579. The summed E-state index contributed by atoms with van der Waals surface area (Å²) in [6.07, 6.45) is 0.681. The van der Waals surface area contributed by atoms with Crippen LogP contribution in [0.4, 0.5) is 4.39 Å². The lowest BCUT2D eigenvalue weighted by molar-refractivity contribution is 0.0674. The average Bonchev–Trinajstić information content (AvgIpc) is 2.71. The molecule has 29 heavy (non-hydrogen) atoms. The summed E-state index contributed by atoms with van der Waals surface area (Å²) in [5.41, 5.74) is 0.289. The fourth-order valence-electron chi connectivity index (χ4n) is 3.48. The van der Waals surface area contributed by atoms with Crippen LogP contribution in [-0.2, 0) is 6.54 Å². The maximum Gasteiger partial charge on any atom is 0.261 e. The van der Waals surface area contributed by atoms with E-state index in [2.05, 4.69) is 4.98 Å². The van der Waals surface area contributed by atoms with Crippen molar-refractivity contribution in [2.75, 3.05) is 6.54 Å². The number of nitrogens with zero attached hydrogens (tertiary/aromatic N) is 3. The molecule has 0 saturated carbocycles. The molecule has 0 aliphatic rings. The van der Waals surface area contributed by atoms with Gasteiger partial charge in [0.1, 0.15) is 11.6 Å². The lowest BCUT2D eigenvalue weighted by atomic mass is 10.1. The number of hydrogen-bond donors (Lipinski definition) is 0. The zero-order valence-corrected chi connectivity index (χ0v) is 17.4. The van der Waals surface area contributed by atoms with Crippen LogP contribution in [0, 0.1) is 5.82 Å². The molecule has 3 rings (SSSR count). The molecule has 0 N–H and O–H groups in total. The van der Waals surface area contributed by atoms with Crippen LogP contribution in [-0.4, -0.2) is 26.9 Å². The highest BCUT2D eigenvalue weighted by Crippen LogP contribution is 2.24. The Kier molecular flexibility index (Phi) is 6.33. The highest BCUT2D eigenvalue weighted by atomic mass is 35.5. The Hall–Kier alpha value is -2.73. The first-order valence-corrected chi connectivity index (χ1v) is 10.0. The van der Waals surface area contributed by atoms with Crippen LogP contribution in [0.1, 0.15) is 49.4 Å². The third kappa shape index (κ3) is 4.03. The Morgan fingerprint density at radius 3 is 2.62 bits per heavy atom. The summed E-state index contributed by atoms with van der Waals surface area (Å²) in [5, 5.41) is 0.944. The number of carbonyl (C=O) groups is 1. The molecule has 0 aliphatic heterocycles. The number of halogens is 2. The molecule has 1 amide bonds. The standard InChI is InChI=1S/C22H23ClFN3O2/c1-4-12-27(21(28)16-8-6-7-9-18(16)24)14(3)20-25-19-13-15(23)10-11-17(19)22(29)26(20)5-2/h6-11,13-14H,4-5,12H2,1-3H3. The van der Waals surface area contributed by atoms with Crippen LogP contribution in [0.25, 0.3) is 10.9 Å². The zero-order valence-electron chi connectivity index (χ0n) is 16.7. The molecule has 0 radical (unpaired) electrons. The second kappa shape index (κ2) is 8.74. The Morgan fingerprint density at radius 2 is 1.97 bits per heavy atom. The van der Waals surface area contributed by atoms with Crippen LogP contribution in [0.3, 0.4) is 0 Å².